The van der Waals surface area contributed by atoms with Crippen LogP contribution in [0.5, 0.6) is 0 Å². The number of ether oxygens (including phenoxy) is 1. The van der Waals surface area contributed by atoms with Gasteiger partial charge in [-0.25, -0.2) is 0 Å². The normalized spacial score (nSPS) is 20.8. The van der Waals surface area contributed by atoms with Crippen LogP contribution in [0, 0.1) is 19.3 Å². The molecule has 1 aliphatic heterocycles. The zero-order valence-corrected chi connectivity index (χ0v) is 14.4. The van der Waals surface area contributed by atoms with E-state index in [4.69, 9.17) is 4.74 Å². The summed E-state index contributed by atoms with van der Waals surface area (Å²) in [6, 6.07) is 4.78. The van der Waals surface area contributed by atoms with Crippen LogP contribution in [0.25, 0.3) is 5.82 Å². The van der Waals surface area contributed by atoms with Crippen molar-refractivity contribution in [1.29, 1.82) is 0 Å². The van der Waals surface area contributed by atoms with Crippen LogP contribution >= 0.6 is 0 Å². The lowest BCUT2D eigenvalue weighted by molar-refractivity contribution is -0.148. The van der Waals surface area contributed by atoms with E-state index < -0.39 is 11.9 Å². The molecular formula is C18H22F3N3O. The first-order valence-electron chi connectivity index (χ1n) is 8.69. The monoisotopic (exact) mass is 353 g/mol. The lowest BCUT2D eigenvalue weighted by Gasteiger charge is -2.50. The fraction of sp³-hybridized carbons (Fsp3) is 0.611. The van der Waals surface area contributed by atoms with Crippen molar-refractivity contribution in [1.82, 2.24) is 14.3 Å². The van der Waals surface area contributed by atoms with E-state index in [2.05, 4.69) is 5.10 Å². The maximum atomic E-state index is 13.6. The van der Waals surface area contributed by atoms with Gasteiger partial charge in [-0.2, -0.15) is 18.3 Å². The molecule has 0 amide bonds. The molecule has 25 heavy (non-hydrogen) atoms. The number of aromatic nitrogens is 3. The van der Waals surface area contributed by atoms with Crippen molar-refractivity contribution in [2.45, 2.75) is 51.7 Å². The molecule has 2 aromatic heterocycles. The van der Waals surface area contributed by atoms with Crippen LogP contribution in [0.15, 0.2) is 18.2 Å². The highest BCUT2D eigenvalue weighted by atomic mass is 19.4. The lowest BCUT2D eigenvalue weighted by Crippen LogP contribution is -2.43. The van der Waals surface area contributed by atoms with Gasteiger partial charge in [0.25, 0.3) is 0 Å². The van der Waals surface area contributed by atoms with Crippen molar-refractivity contribution in [2.75, 3.05) is 13.2 Å². The van der Waals surface area contributed by atoms with Gasteiger partial charge in [-0.05, 0) is 57.1 Å². The molecule has 1 saturated carbocycles. The van der Waals surface area contributed by atoms with Crippen molar-refractivity contribution in [3.8, 4) is 5.82 Å². The quantitative estimate of drug-likeness (QED) is 0.799. The zero-order valence-electron chi connectivity index (χ0n) is 14.4. The molecule has 4 rings (SSSR count). The highest BCUT2D eigenvalue weighted by Crippen LogP contribution is 2.55. The first-order valence-corrected chi connectivity index (χ1v) is 8.69. The maximum absolute atomic E-state index is 13.6. The Balaban J connectivity index is 1.68. The first-order chi connectivity index (χ1) is 11.8. The van der Waals surface area contributed by atoms with E-state index >= 15 is 0 Å². The maximum Gasteiger partial charge on any atom is 0.433 e. The first kappa shape index (κ1) is 16.7. The lowest BCUT2D eigenvalue weighted by atomic mass is 9.61. The Bertz CT molecular complexity index is 757. The van der Waals surface area contributed by atoms with Gasteiger partial charge in [-0.3, -0.25) is 4.68 Å². The minimum Gasteiger partial charge on any atom is -0.381 e. The number of alkyl halides is 3. The molecular weight excluding hydrogens is 331 g/mol. The molecule has 0 aromatic carbocycles. The second-order valence-electron chi connectivity index (χ2n) is 7.46. The number of hydrogen-bond donors (Lipinski definition) is 0. The zero-order chi connectivity index (χ0) is 17.8. The van der Waals surface area contributed by atoms with Gasteiger partial charge in [0, 0.05) is 30.7 Å². The third-order valence-electron chi connectivity index (χ3n) is 5.75. The van der Waals surface area contributed by atoms with Crippen molar-refractivity contribution in [2.24, 2.45) is 5.41 Å². The number of hydrogen-bond acceptors (Lipinski definition) is 2. The Hall–Kier alpha value is -1.76. The van der Waals surface area contributed by atoms with E-state index in [1.807, 2.05) is 26.0 Å². The highest BCUT2D eigenvalue weighted by molar-refractivity contribution is 5.34. The van der Waals surface area contributed by atoms with Crippen LogP contribution in [0.3, 0.4) is 0 Å². The van der Waals surface area contributed by atoms with Crippen LogP contribution in [-0.2, 0) is 10.9 Å². The van der Waals surface area contributed by atoms with Crippen LogP contribution < -0.4 is 0 Å². The number of nitrogens with zero attached hydrogens (tertiary/aromatic N) is 3. The van der Waals surface area contributed by atoms with Gasteiger partial charge < -0.3 is 9.30 Å². The van der Waals surface area contributed by atoms with Gasteiger partial charge in [-0.15, -0.1) is 0 Å². The third-order valence-corrected chi connectivity index (χ3v) is 5.75. The molecule has 1 spiro atoms. The average molecular weight is 353 g/mol. The van der Waals surface area contributed by atoms with Crippen molar-refractivity contribution >= 4 is 0 Å². The Labute approximate surface area is 144 Å². The summed E-state index contributed by atoms with van der Waals surface area (Å²) in [5.41, 5.74) is 1.26. The largest absolute Gasteiger partial charge is 0.433 e. The van der Waals surface area contributed by atoms with Gasteiger partial charge in [-0.1, -0.05) is 0 Å². The Kier molecular flexibility index (Phi) is 3.76. The molecule has 0 bridgehead atoms. The van der Waals surface area contributed by atoms with Gasteiger partial charge >= 0.3 is 6.18 Å². The minimum atomic E-state index is -4.40. The SMILES string of the molecule is Cc1ccc(C)n1-c1cc(C(F)(F)F)n(C2CC3(CCOCC3)C2)n1. The molecule has 3 heterocycles. The number of rotatable bonds is 2. The molecule has 2 aliphatic rings. The Morgan fingerprint density at radius 2 is 1.72 bits per heavy atom. The van der Waals surface area contributed by atoms with Gasteiger partial charge in [0.05, 0.1) is 6.04 Å². The van der Waals surface area contributed by atoms with Gasteiger partial charge in [0.2, 0.25) is 0 Å². The van der Waals surface area contributed by atoms with E-state index in [0.29, 0.717) is 19.0 Å². The predicted octanol–water partition coefficient (Wildman–Crippen LogP) is 4.44. The summed E-state index contributed by atoms with van der Waals surface area (Å²) in [4.78, 5) is 0. The number of halogens is 3. The predicted molar refractivity (Wildman–Crippen MR) is 86.8 cm³/mol. The topological polar surface area (TPSA) is 32.0 Å². The second kappa shape index (κ2) is 5.62. The smallest absolute Gasteiger partial charge is 0.381 e. The Morgan fingerprint density at radius 1 is 1.12 bits per heavy atom. The summed E-state index contributed by atoms with van der Waals surface area (Å²) in [5.74, 6) is 0.347. The summed E-state index contributed by atoms with van der Waals surface area (Å²) in [5, 5.41) is 4.37. The molecule has 7 heteroatoms. The molecule has 1 saturated heterocycles. The molecule has 1 aliphatic carbocycles. The fourth-order valence-corrected chi connectivity index (χ4v) is 4.34. The second-order valence-corrected chi connectivity index (χ2v) is 7.46. The molecule has 0 N–H and O–H groups in total. The Morgan fingerprint density at radius 3 is 2.28 bits per heavy atom. The van der Waals surface area contributed by atoms with Crippen molar-refractivity contribution in [3.63, 3.8) is 0 Å². The molecule has 0 unspecified atom stereocenters. The van der Waals surface area contributed by atoms with Crippen LogP contribution in [0.4, 0.5) is 13.2 Å². The molecule has 2 aromatic rings. The molecule has 0 radical (unpaired) electrons. The standard InChI is InChI=1S/C18H22F3N3O/c1-12-3-4-13(2)23(12)16-9-15(18(19,20)21)24(22-16)14-10-17(11-14)5-7-25-8-6-17/h3-4,9,14H,5-8,10-11H2,1-2H3. The third kappa shape index (κ3) is 2.78. The van der Waals surface area contributed by atoms with E-state index in [9.17, 15) is 13.2 Å². The van der Waals surface area contributed by atoms with E-state index in [0.717, 1.165) is 37.1 Å². The van der Waals surface area contributed by atoms with E-state index in [-0.39, 0.29) is 11.5 Å². The molecule has 0 atom stereocenters. The van der Waals surface area contributed by atoms with Crippen LogP contribution in [-0.4, -0.2) is 27.6 Å². The van der Waals surface area contributed by atoms with Gasteiger partial charge in [0.15, 0.2) is 5.82 Å². The molecule has 2 fully saturated rings. The molecule has 136 valence electrons. The summed E-state index contributed by atoms with van der Waals surface area (Å²) in [6.45, 7) is 5.18. The summed E-state index contributed by atoms with van der Waals surface area (Å²) >= 11 is 0. The molecule has 4 nitrogen and oxygen atoms in total. The number of aryl methyl sites for hydroxylation is 2. The van der Waals surface area contributed by atoms with Crippen LogP contribution in [0.1, 0.15) is 48.8 Å². The summed E-state index contributed by atoms with van der Waals surface area (Å²) < 4.78 is 49.1. The summed E-state index contributed by atoms with van der Waals surface area (Å²) in [7, 11) is 0. The van der Waals surface area contributed by atoms with E-state index in [1.165, 1.54) is 10.7 Å². The average Bonchev–Trinajstić information content (AvgIpc) is 3.09. The van der Waals surface area contributed by atoms with E-state index in [1.54, 1.807) is 4.57 Å². The van der Waals surface area contributed by atoms with Crippen molar-refractivity contribution < 1.29 is 17.9 Å². The summed E-state index contributed by atoms with van der Waals surface area (Å²) in [6.07, 6.45) is -1.02. The van der Waals surface area contributed by atoms with Gasteiger partial charge in [0.1, 0.15) is 5.69 Å². The minimum absolute atomic E-state index is 0.150. The fourth-order valence-electron chi connectivity index (χ4n) is 4.34. The van der Waals surface area contributed by atoms with Crippen molar-refractivity contribution in [3.05, 3.63) is 35.3 Å². The highest BCUT2D eigenvalue weighted by Gasteiger charge is 2.49. The van der Waals surface area contributed by atoms with Crippen LogP contribution in [0.2, 0.25) is 0 Å².